The first-order valence-corrected chi connectivity index (χ1v) is 12.5. The number of amides is 1. The number of ether oxygens (including phenoxy) is 1. The van der Waals surface area contributed by atoms with Gasteiger partial charge in [-0.2, -0.15) is 4.52 Å². The Morgan fingerprint density at radius 2 is 1.81 bits per heavy atom. The summed E-state index contributed by atoms with van der Waals surface area (Å²) in [6.45, 7) is 7.20. The van der Waals surface area contributed by atoms with E-state index in [1.54, 1.807) is 15.5 Å². The molecule has 2 aromatic carbocycles. The molecule has 0 fully saturated rings. The Morgan fingerprint density at radius 3 is 2.43 bits per heavy atom. The van der Waals surface area contributed by atoms with E-state index < -0.39 is 6.04 Å². The highest BCUT2D eigenvalue weighted by atomic mass is 16.5. The monoisotopic (exact) mass is 502 g/mol. The van der Waals surface area contributed by atoms with Crippen molar-refractivity contribution in [2.24, 2.45) is 11.7 Å². The van der Waals surface area contributed by atoms with Gasteiger partial charge in [-0.3, -0.25) is 9.36 Å². The van der Waals surface area contributed by atoms with Crippen molar-refractivity contribution >= 4 is 11.6 Å². The average molecular weight is 503 g/mol. The minimum Gasteiger partial charge on any atom is -0.480 e. The fourth-order valence-electron chi connectivity index (χ4n) is 4.49. The average Bonchev–Trinajstić information content (AvgIpc) is 3.32. The molecule has 0 bridgehead atoms. The van der Waals surface area contributed by atoms with Crippen molar-refractivity contribution in [1.29, 1.82) is 0 Å². The van der Waals surface area contributed by atoms with Crippen molar-refractivity contribution in [1.82, 2.24) is 24.1 Å². The normalized spacial score (nSPS) is 12.2. The predicted molar refractivity (Wildman–Crippen MR) is 143 cm³/mol. The minimum atomic E-state index is -0.484. The Morgan fingerprint density at radius 1 is 1.11 bits per heavy atom. The molecule has 4 rings (SSSR count). The number of rotatable bonds is 10. The molecule has 1 amide bonds. The van der Waals surface area contributed by atoms with Gasteiger partial charge in [-0.1, -0.05) is 61.9 Å². The Balaban J connectivity index is 1.91. The fraction of sp³-hybridized carbons (Fsp3) is 0.357. The number of hydrogen-bond donors (Lipinski definition) is 1. The number of aryl methyl sites for hydroxylation is 1. The topological polar surface area (TPSA) is 108 Å². The van der Waals surface area contributed by atoms with Gasteiger partial charge in [0.25, 0.3) is 5.91 Å². The van der Waals surface area contributed by atoms with Crippen LogP contribution in [0.5, 0.6) is 5.88 Å². The first kappa shape index (κ1) is 26.1. The quantitative estimate of drug-likeness (QED) is 0.356. The molecule has 0 aliphatic heterocycles. The maximum absolute atomic E-state index is 13.9. The van der Waals surface area contributed by atoms with Crippen molar-refractivity contribution in [2.75, 3.05) is 20.2 Å². The van der Waals surface area contributed by atoms with Gasteiger partial charge in [0.2, 0.25) is 5.88 Å². The molecule has 0 aliphatic rings. The number of fused-ring (bicyclic) bond motifs is 1. The number of benzene rings is 2. The molecule has 4 aromatic rings. The van der Waals surface area contributed by atoms with Crippen LogP contribution in [0.15, 0.2) is 65.5 Å². The fourth-order valence-corrected chi connectivity index (χ4v) is 4.49. The molecule has 1 atom stereocenters. The van der Waals surface area contributed by atoms with E-state index in [4.69, 9.17) is 15.5 Å². The molecule has 9 nitrogen and oxygen atoms in total. The van der Waals surface area contributed by atoms with E-state index in [1.165, 1.54) is 11.6 Å². The molecule has 0 saturated heterocycles. The van der Waals surface area contributed by atoms with Crippen molar-refractivity contribution < 1.29 is 9.53 Å². The lowest BCUT2D eigenvalue weighted by Crippen LogP contribution is -2.43. The van der Waals surface area contributed by atoms with E-state index in [1.807, 2.05) is 75.4 Å². The van der Waals surface area contributed by atoms with E-state index in [0.29, 0.717) is 42.4 Å². The third-order valence-electron chi connectivity index (χ3n) is 6.37. The summed E-state index contributed by atoms with van der Waals surface area (Å²) in [5.74, 6) is 0.619. The summed E-state index contributed by atoms with van der Waals surface area (Å²) < 4.78 is 8.12. The van der Waals surface area contributed by atoms with Crippen molar-refractivity contribution in [3.63, 3.8) is 0 Å². The first-order valence-electron chi connectivity index (χ1n) is 12.5. The van der Waals surface area contributed by atoms with Crippen LogP contribution < -0.4 is 16.2 Å². The molecule has 2 aromatic heterocycles. The van der Waals surface area contributed by atoms with Crippen LogP contribution >= 0.6 is 0 Å². The number of methoxy groups -OCH3 is 1. The summed E-state index contributed by atoms with van der Waals surface area (Å²) in [7, 11) is 1.50. The van der Waals surface area contributed by atoms with Crippen LogP contribution in [0.4, 0.5) is 0 Å². The number of hydrogen-bond acceptors (Lipinski definition) is 6. The van der Waals surface area contributed by atoms with Crippen molar-refractivity contribution in [3.8, 4) is 5.88 Å². The molecule has 9 heteroatoms. The highest BCUT2D eigenvalue weighted by Gasteiger charge is 2.33. The zero-order chi connectivity index (χ0) is 26.5. The van der Waals surface area contributed by atoms with E-state index >= 15 is 0 Å². The van der Waals surface area contributed by atoms with Gasteiger partial charge < -0.3 is 15.4 Å². The molecule has 0 saturated carbocycles. The lowest BCUT2D eigenvalue weighted by molar-refractivity contribution is 0.0601. The number of carbonyl (C=O) groups is 1. The van der Waals surface area contributed by atoms with E-state index in [-0.39, 0.29) is 24.1 Å². The molecule has 0 unspecified atom stereocenters. The Bertz CT molecular complexity index is 1410. The van der Waals surface area contributed by atoms with E-state index in [2.05, 4.69) is 5.10 Å². The Labute approximate surface area is 216 Å². The maximum Gasteiger partial charge on any atom is 0.352 e. The van der Waals surface area contributed by atoms with Gasteiger partial charge in [0, 0.05) is 18.2 Å². The zero-order valence-corrected chi connectivity index (χ0v) is 21.8. The zero-order valence-electron chi connectivity index (χ0n) is 21.8. The molecule has 2 N–H and O–H groups in total. The van der Waals surface area contributed by atoms with Crippen LogP contribution in [0.1, 0.15) is 53.6 Å². The summed E-state index contributed by atoms with van der Waals surface area (Å²) >= 11 is 0. The summed E-state index contributed by atoms with van der Waals surface area (Å²) in [6.07, 6.45) is 0.618. The Kier molecular flexibility index (Phi) is 8.03. The molecular formula is C28H34N6O3. The van der Waals surface area contributed by atoms with E-state index in [9.17, 15) is 9.59 Å². The standard InChI is InChI=1S/C28H34N6O3/c1-19(2)25(32(16-8-15-29)27(35)22-13-11-20(3)12-14-22)26-30-23-17-24(37-4)31-34(23)28(36)33(26)18-21-9-6-5-7-10-21/h5-7,9-14,17,19,25H,8,15-16,18,29H2,1-4H3/t25-/m0/s1. The lowest BCUT2D eigenvalue weighted by Gasteiger charge is -2.35. The number of nitrogens with two attached hydrogens (primary N) is 1. The van der Waals surface area contributed by atoms with Crippen LogP contribution in [0, 0.1) is 12.8 Å². The van der Waals surface area contributed by atoms with E-state index in [0.717, 1.165) is 11.1 Å². The smallest absolute Gasteiger partial charge is 0.352 e. The Hall–Kier alpha value is -3.98. The van der Waals surface area contributed by atoms with Gasteiger partial charge >= 0.3 is 5.69 Å². The second-order valence-electron chi connectivity index (χ2n) is 9.48. The molecular weight excluding hydrogens is 468 g/mol. The summed E-state index contributed by atoms with van der Waals surface area (Å²) in [5, 5.41) is 4.27. The lowest BCUT2D eigenvalue weighted by atomic mass is 9.99. The first-order chi connectivity index (χ1) is 17.8. The van der Waals surface area contributed by atoms with Crippen LogP contribution in [-0.4, -0.2) is 50.2 Å². The van der Waals surface area contributed by atoms with Crippen molar-refractivity contribution in [3.05, 3.63) is 93.7 Å². The van der Waals surface area contributed by atoms with Gasteiger partial charge in [-0.05, 0) is 43.5 Å². The predicted octanol–water partition coefficient (Wildman–Crippen LogP) is 3.44. The molecule has 37 heavy (non-hydrogen) atoms. The molecule has 0 aliphatic carbocycles. The largest absolute Gasteiger partial charge is 0.480 e. The molecule has 0 spiro atoms. The molecule has 2 heterocycles. The third kappa shape index (κ3) is 5.56. The van der Waals surface area contributed by atoms with Gasteiger partial charge in [-0.25, -0.2) is 9.78 Å². The van der Waals surface area contributed by atoms with Crippen LogP contribution in [-0.2, 0) is 6.54 Å². The summed E-state index contributed by atoms with van der Waals surface area (Å²) in [5.41, 5.74) is 8.48. The SMILES string of the molecule is COc1cc2nc([C@H](C(C)C)N(CCCN)C(=O)c3ccc(C)cc3)n(Cc3ccccc3)c(=O)n2n1. The number of nitrogens with zero attached hydrogens (tertiary/aromatic N) is 5. The van der Waals surface area contributed by atoms with Gasteiger partial charge in [0.1, 0.15) is 5.82 Å². The summed E-state index contributed by atoms with van der Waals surface area (Å²) in [6, 6.07) is 18.4. The molecule has 0 radical (unpaired) electrons. The maximum atomic E-state index is 13.9. The molecule has 194 valence electrons. The van der Waals surface area contributed by atoms with Gasteiger partial charge in [-0.15, -0.1) is 5.10 Å². The van der Waals surface area contributed by atoms with Gasteiger partial charge in [0.05, 0.1) is 19.7 Å². The van der Waals surface area contributed by atoms with Crippen LogP contribution in [0.25, 0.3) is 5.65 Å². The third-order valence-corrected chi connectivity index (χ3v) is 6.37. The second kappa shape index (κ2) is 11.4. The summed E-state index contributed by atoms with van der Waals surface area (Å²) in [4.78, 5) is 34.4. The minimum absolute atomic E-state index is 0.0478. The number of aromatic nitrogens is 4. The van der Waals surface area contributed by atoms with Crippen LogP contribution in [0.3, 0.4) is 0 Å². The van der Waals surface area contributed by atoms with Crippen LogP contribution in [0.2, 0.25) is 0 Å². The highest BCUT2D eigenvalue weighted by molar-refractivity contribution is 5.94. The van der Waals surface area contributed by atoms with Crippen molar-refractivity contribution in [2.45, 2.75) is 39.8 Å². The highest BCUT2D eigenvalue weighted by Crippen LogP contribution is 2.30. The number of carbonyl (C=O) groups excluding carboxylic acids is 1. The van der Waals surface area contributed by atoms with Gasteiger partial charge in [0.15, 0.2) is 5.65 Å². The second-order valence-corrected chi connectivity index (χ2v) is 9.48.